The van der Waals surface area contributed by atoms with Gasteiger partial charge in [0.05, 0.1) is 6.61 Å². The van der Waals surface area contributed by atoms with Crippen LogP contribution in [0.25, 0.3) is 0 Å². The molecule has 0 saturated heterocycles. The third-order valence-electron chi connectivity index (χ3n) is 3.61. The van der Waals surface area contributed by atoms with E-state index < -0.39 is 0 Å². The summed E-state index contributed by atoms with van der Waals surface area (Å²) in [6.07, 6.45) is 3.73. The van der Waals surface area contributed by atoms with Crippen LogP contribution in [0.15, 0.2) is 30.3 Å². The Labute approximate surface area is 124 Å². The van der Waals surface area contributed by atoms with Gasteiger partial charge in [0.2, 0.25) is 0 Å². The van der Waals surface area contributed by atoms with Crippen molar-refractivity contribution >= 4 is 0 Å². The normalized spacial score (nSPS) is 12.8. The number of ether oxygens (including phenoxy) is 1. The third-order valence-corrected chi connectivity index (χ3v) is 3.61. The third kappa shape index (κ3) is 7.04. The van der Waals surface area contributed by atoms with E-state index in [0.717, 1.165) is 26.2 Å². The maximum atomic E-state index is 5.10. The number of nitrogens with one attached hydrogen (secondary N) is 1. The Hall–Kier alpha value is -0.900. The van der Waals surface area contributed by atoms with Gasteiger partial charge in [0.15, 0.2) is 0 Å². The molecule has 1 aromatic carbocycles. The fourth-order valence-corrected chi connectivity index (χ4v) is 2.27. The molecule has 0 aromatic heterocycles. The van der Waals surface area contributed by atoms with Crippen molar-refractivity contribution in [2.45, 2.75) is 32.2 Å². The van der Waals surface area contributed by atoms with Gasteiger partial charge in [-0.25, -0.2) is 0 Å². The second-order valence-electron chi connectivity index (χ2n) is 5.36. The molecule has 0 heterocycles. The molecule has 0 radical (unpaired) electrons. The Morgan fingerprint density at radius 1 is 1.20 bits per heavy atom. The molecule has 0 fully saturated rings. The second kappa shape index (κ2) is 10.8. The van der Waals surface area contributed by atoms with E-state index >= 15 is 0 Å². The molecule has 0 aliphatic rings. The zero-order valence-corrected chi connectivity index (χ0v) is 13.3. The number of hydrogen-bond donors (Lipinski definition) is 1. The SMILES string of the molecule is CCCCC(NCCN(C)CCOC)c1ccccc1. The van der Waals surface area contributed by atoms with Crippen LogP contribution >= 0.6 is 0 Å². The highest BCUT2D eigenvalue weighted by molar-refractivity contribution is 5.18. The lowest BCUT2D eigenvalue weighted by molar-refractivity contribution is 0.161. The van der Waals surface area contributed by atoms with E-state index in [2.05, 4.69) is 54.5 Å². The summed E-state index contributed by atoms with van der Waals surface area (Å²) in [6.45, 7) is 6.11. The topological polar surface area (TPSA) is 24.5 Å². The van der Waals surface area contributed by atoms with Crippen molar-refractivity contribution in [3.8, 4) is 0 Å². The Morgan fingerprint density at radius 2 is 1.95 bits per heavy atom. The van der Waals surface area contributed by atoms with Crippen LogP contribution in [0.1, 0.15) is 37.8 Å². The first-order valence-electron chi connectivity index (χ1n) is 7.73. The van der Waals surface area contributed by atoms with Crippen LogP contribution in [0.5, 0.6) is 0 Å². The maximum Gasteiger partial charge on any atom is 0.0589 e. The average molecular weight is 278 g/mol. The van der Waals surface area contributed by atoms with Gasteiger partial charge in [0.1, 0.15) is 0 Å². The minimum Gasteiger partial charge on any atom is -0.383 e. The molecule has 1 unspecified atom stereocenters. The number of benzene rings is 1. The summed E-state index contributed by atoms with van der Waals surface area (Å²) in [7, 11) is 3.90. The summed E-state index contributed by atoms with van der Waals surface area (Å²) < 4.78 is 5.10. The number of rotatable bonds is 11. The van der Waals surface area contributed by atoms with Crippen molar-refractivity contribution < 1.29 is 4.74 Å². The minimum absolute atomic E-state index is 0.479. The molecule has 0 aliphatic heterocycles. The quantitative estimate of drug-likeness (QED) is 0.673. The molecule has 0 spiro atoms. The van der Waals surface area contributed by atoms with Crippen LogP contribution in [0, 0.1) is 0 Å². The van der Waals surface area contributed by atoms with Crippen molar-refractivity contribution in [1.82, 2.24) is 10.2 Å². The summed E-state index contributed by atoms with van der Waals surface area (Å²) in [5.41, 5.74) is 1.40. The number of hydrogen-bond acceptors (Lipinski definition) is 3. The number of methoxy groups -OCH3 is 1. The van der Waals surface area contributed by atoms with E-state index in [1.54, 1.807) is 7.11 Å². The van der Waals surface area contributed by atoms with Crippen LogP contribution in [0.3, 0.4) is 0 Å². The molecular formula is C17H30N2O. The Balaban J connectivity index is 2.37. The first kappa shape index (κ1) is 17.2. The molecule has 0 amide bonds. The molecule has 0 bridgehead atoms. The van der Waals surface area contributed by atoms with Gasteiger partial charge in [-0.2, -0.15) is 0 Å². The van der Waals surface area contributed by atoms with Crippen LogP contribution in [0.4, 0.5) is 0 Å². The van der Waals surface area contributed by atoms with Crippen molar-refractivity contribution in [2.24, 2.45) is 0 Å². The van der Waals surface area contributed by atoms with Crippen molar-refractivity contribution in [3.05, 3.63) is 35.9 Å². The van der Waals surface area contributed by atoms with E-state index in [9.17, 15) is 0 Å². The van der Waals surface area contributed by atoms with E-state index in [1.165, 1.54) is 24.8 Å². The van der Waals surface area contributed by atoms with Gasteiger partial charge in [0.25, 0.3) is 0 Å². The van der Waals surface area contributed by atoms with Gasteiger partial charge in [-0.3, -0.25) is 0 Å². The number of likely N-dealkylation sites (N-methyl/N-ethyl adjacent to an activating group) is 1. The second-order valence-corrected chi connectivity index (χ2v) is 5.36. The lowest BCUT2D eigenvalue weighted by atomic mass is 10.0. The van der Waals surface area contributed by atoms with Gasteiger partial charge < -0.3 is 15.0 Å². The van der Waals surface area contributed by atoms with Crippen molar-refractivity contribution in [1.29, 1.82) is 0 Å². The minimum atomic E-state index is 0.479. The zero-order chi connectivity index (χ0) is 14.6. The molecular weight excluding hydrogens is 248 g/mol. The molecule has 0 saturated carbocycles. The first-order chi connectivity index (χ1) is 9.77. The van der Waals surface area contributed by atoms with Gasteiger partial charge >= 0.3 is 0 Å². The fraction of sp³-hybridized carbons (Fsp3) is 0.647. The lowest BCUT2D eigenvalue weighted by Gasteiger charge is -2.22. The average Bonchev–Trinajstić information content (AvgIpc) is 2.49. The number of unbranched alkanes of at least 4 members (excludes halogenated alkanes) is 1. The fourth-order valence-electron chi connectivity index (χ4n) is 2.27. The van der Waals surface area contributed by atoms with Crippen LogP contribution < -0.4 is 5.32 Å². The van der Waals surface area contributed by atoms with Gasteiger partial charge in [0, 0.05) is 32.8 Å². The highest BCUT2D eigenvalue weighted by atomic mass is 16.5. The summed E-state index contributed by atoms with van der Waals surface area (Å²) >= 11 is 0. The predicted octanol–water partition coefficient (Wildman–Crippen LogP) is 3.09. The van der Waals surface area contributed by atoms with Crippen LogP contribution in [0.2, 0.25) is 0 Å². The molecule has 1 atom stereocenters. The highest BCUT2D eigenvalue weighted by Crippen LogP contribution is 2.18. The molecule has 1 N–H and O–H groups in total. The van der Waals surface area contributed by atoms with Gasteiger partial charge in [-0.05, 0) is 19.0 Å². The molecule has 1 rings (SSSR count). The summed E-state index contributed by atoms with van der Waals surface area (Å²) in [4.78, 5) is 2.30. The molecule has 3 heteroatoms. The highest BCUT2D eigenvalue weighted by Gasteiger charge is 2.10. The van der Waals surface area contributed by atoms with Gasteiger partial charge in [-0.1, -0.05) is 50.1 Å². The summed E-state index contributed by atoms with van der Waals surface area (Å²) in [5, 5.41) is 3.70. The molecule has 0 aliphatic carbocycles. The van der Waals surface area contributed by atoms with E-state index in [4.69, 9.17) is 4.74 Å². The van der Waals surface area contributed by atoms with Crippen LogP contribution in [-0.4, -0.2) is 45.3 Å². The summed E-state index contributed by atoms with van der Waals surface area (Å²) in [6, 6.07) is 11.3. The Bertz CT molecular complexity index is 329. The molecule has 114 valence electrons. The smallest absolute Gasteiger partial charge is 0.0589 e. The van der Waals surface area contributed by atoms with E-state index in [1.807, 2.05) is 0 Å². The zero-order valence-electron chi connectivity index (χ0n) is 13.3. The largest absolute Gasteiger partial charge is 0.383 e. The van der Waals surface area contributed by atoms with Crippen LogP contribution in [-0.2, 0) is 4.74 Å². The maximum absolute atomic E-state index is 5.10. The Kier molecular flexibility index (Phi) is 9.29. The predicted molar refractivity (Wildman–Crippen MR) is 86.1 cm³/mol. The van der Waals surface area contributed by atoms with Gasteiger partial charge in [-0.15, -0.1) is 0 Å². The monoisotopic (exact) mass is 278 g/mol. The first-order valence-corrected chi connectivity index (χ1v) is 7.73. The summed E-state index contributed by atoms with van der Waals surface area (Å²) in [5.74, 6) is 0. The number of nitrogens with zero attached hydrogens (tertiary/aromatic N) is 1. The molecule has 20 heavy (non-hydrogen) atoms. The van der Waals surface area contributed by atoms with E-state index in [0.29, 0.717) is 6.04 Å². The molecule has 1 aromatic rings. The lowest BCUT2D eigenvalue weighted by Crippen LogP contribution is -2.33. The standard InChI is InChI=1S/C17H30N2O/c1-4-5-11-17(16-9-7-6-8-10-16)18-12-13-19(2)14-15-20-3/h6-10,17-18H,4-5,11-15H2,1-3H3. The Morgan fingerprint density at radius 3 is 2.60 bits per heavy atom. The molecule has 3 nitrogen and oxygen atoms in total. The van der Waals surface area contributed by atoms with Crippen molar-refractivity contribution in [3.63, 3.8) is 0 Å². The van der Waals surface area contributed by atoms with Crippen molar-refractivity contribution in [2.75, 3.05) is 40.4 Å². The van der Waals surface area contributed by atoms with E-state index in [-0.39, 0.29) is 0 Å².